The first kappa shape index (κ1) is 17.1. The number of rotatable bonds is 8. The van der Waals surface area contributed by atoms with E-state index in [2.05, 4.69) is 5.32 Å². The average Bonchev–Trinajstić information content (AvgIpc) is 2.39. The van der Waals surface area contributed by atoms with Crippen molar-refractivity contribution >= 4 is 10.0 Å². The monoisotopic (exact) mass is 302 g/mol. The van der Waals surface area contributed by atoms with E-state index in [1.807, 2.05) is 13.8 Å². The maximum Gasteiger partial charge on any atom is 0.245 e. The smallest absolute Gasteiger partial charge is 0.245 e. The van der Waals surface area contributed by atoms with Gasteiger partial charge in [-0.05, 0) is 37.1 Å². The lowest BCUT2D eigenvalue weighted by Gasteiger charge is -2.17. The third-order valence-corrected chi connectivity index (χ3v) is 4.87. The van der Waals surface area contributed by atoms with Gasteiger partial charge in [0.25, 0.3) is 0 Å². The molecule has 1 rings (SSSR count). The number of hydrogen-bond donors (Lipinski definition) is 1. The lowest BCUT2D eigenvalue weighted by atomic mass is 10.2. The van der Waals surface area contributed by atoms with Crippen LogP contribution in [0.2, 0.25) is 0 Å². The van der Waals surface area contributed by atoms with E-state index in [1.165, 1.54) is 23.5 Å². The second-order valence-corrected chi connectivity index (χ2v) is 6.78. The molecule has 0 unspecified atom stereocenters. The zero-order chi connectivity index (χ0) is 15.2. The van der Waals surface area contributed by atoms with Crippen LogP contribution in [0.4, 0.5) is 4.39 Å². The van der Waals surface area contributed by atoms with E-state index in [0.717, 1.165) is 18.5 Å². The van der Waals surface area contributed by atoms with Gasteiger partial charge in [0.15, 0.2) is 0 Å². The second-order valence-electron chi connectivity index (χ2n) is 4.77. The van der Waals surface area contributed by atoms with Crippen LogP contribution in [0.15, 0.2) is 23.1 Å². The zero-order valence-corrected chi connectivity index (χ0v) is 13.1. The van der Waals surface area contributed by atoms with Gasteiger partial charge in [0.05, 0.1) is 0 Å². The highest BCUT2D eigenvalue weighted by Crippen LogP contribution is 2.19. The summed E-state index contributed by atoms with van der Waals surface area (Å²) in [4.78, 5) is -0.257. The summed E-state index contributed by atoms with van der Waals surface area (Å²) in [6.45, 7) is 5.69. The highest BCUT2D eigenvalue weighted by Gasteiger charge is 2.23. The Hall–Kier alpha value is -0.980. The Bertz CT molecular complexity index is 532. The Kier molecular flexibility index (Phi) is 6.58. The van der Waals surface area contributed by atoms with Gasteiger partial charge in [-0.2, -0.15) is 0 Å². The van der Waals surface area contributed by atoms with E-state index in [0.29, 0.717) is 19.5 Å². The molecule has 0 fully saturated rings. The van der Waals surface area contributed by atoms with Crippen LogP contribution < -0.4 is 5.32 Å². The second kappa shape index (κ2) is 7.71. The minimum atomic E-state index is -3.74. The van der Waals surface area contributed by atoms with E-state index in [9.17, 15) is 12.8 Å². The molecule has 0 aliphatic carbocycles. The highest BCUT2D eigenvalue weighted by molar-refractivity contribution is 7.89. The fourth-order valence-corrected chi connectivity index (χ4v) is 3.18. The molecular formula is C14H23FN2O2S. The molecular weight excluding hydrogens is 279 g/mol. The molecule has 0 atom stereocenters. The van der Waals surface area contributed by atoms with Crippen LogP contribution in [0.25, 0.3) is 0 Å². The summed E-state index contributed by atoms with van der Waals surface area (Å²) < 4.78 is 39.6. The summed E-state index contributed by atoms with van der Waals surface area (Å²) in [5, 5.41) is 3.15. The van der Waals surface area contributed by atoms with Crippen molar-refractivity contribution in [3.05, 3.63) is 29.6 Å². The number of sulfonamides is 1. The number of nitrogens with zero attached hydrogens (tertiary/aromatic N) is 1. The summed E-state index contributed by atoms with van der Waals surface area (Å²) in [5.41, 5.74) is 0.744. The predicted molar refractivity (Wildman–Crippen MR) is 78.5 cm³/mol. The first-order chi connectivity index (χ1) is 9.43. The molecule has 0 aliphatic rings. The van der Waals surface area contributed by atoms with Gasteiger partial charge in [0.1, 0.15) is 10.7 Å². The topological polar surface area (TPSA) is 49.4 Å². The van der Waals surface area contributed by atoms with E-state index < -0.39 is 15.8 Å². The molecule has 0 saturated carbocycles. The molecule has 0 radical (unpaired) electrons. The van der Waals surface area contributed by atoms with Crippen molar-refractivity contribution in [3.8, 4) is 0 Å². The summed E-state index contributed by atoms with van der Waals surface area (Å²) in [5.74, 6) is -0.691. The molecule has 0 heterocycles. The third-order valence-electron chi connectivity index (χ3n) is 2.98. The number of nitrogens with one attached hydrogen (secondary N) is 1. The molecule has 0 amide bonds. The van der Waals surface area contributed by atoms with E-state index in [1.54, 1.807) is 6.07 Å². The van der Waals surface area contributed by atoms with Crippen LogP contribution in [0.3, 0.4) is 0 Å². The highest BCUT2D eigenvalue weighted by atomic mass is 32.2. The molecule has 1 aromatic rings. The first-order valence-electron chi connectivity index (χ1n) is 6.89. The molecule has 1 aromatic carbocycles. The van der Waals surface area contributed by atoms with Gasteiger partial charge in [0, 0.05) is 20.1 Å². The summed E-state index contributed by atoms with van der Waals surface area (Å²) in [7, 11) is -2.27. The van der Waals surface area contributed by atoms with E-state index >= 15 is 0 Å². The number of halogens is 1. The van der Waals surface area contributed by atoms with Crippen LogP contribution in [0, 0.1) is 5.82 Å². The molecule has 0 bridgehead atoms. The SMILES string of the molecule is CCCNCc1ccc(S(=O)(=O)N(C)CCC)c(F)c1. The first-order valence-corrected chi connectivity index (χ1v) is 8.33. The molecule has 4 nitrogen and oxygen atoms in total. The molecule has 0 saturated heterocycles. The number of hydrogen-bond acceptors (Lipinski definition) is 3. The van der Waals surface area contributed by atoms with Gasteiger partial charge < -0.3 is 5.32 Å². The maximum atomic E-state index is 14.0. The standard InChI is InChI=1S/C14H23FN2O2S/c1-4-8-16-11-12-6-7-14(13(15)10-12)20(18,19)17(3)9-5-2/h6-7,10,16H,4-5,8-9,11H2,1-3H3. The van der Waals surface area contributed by atoms with Crippen LogP contribution in [0.1, 0.15) is 32.3 Å². The Morgan fingerprint density at radius 1 is 1.25 bits per heavy atom. The van der Waals surface area contributed by atoms with Gasteiger partial charge >= 0.3 is 0 Å². The number of benzene rings is 1. The van der Waals surface area contributed by atoms with Crippen molar-refractivity contribution < 1.29 is 12.8 Å². The zero-order valence-electron chi connectivity index (χ0n) is 12.3. The summed E-state index contributed by atoms with van der Waals surface area (Å²) >= 11 is 0. The van der Waals surface area contributed by atoms with Gasteiger partial charge in [-0.1, -0.05) is 19.9 Å². The Balaban J connectivity index is 2.92. The fraction of sp³-hybridized carbons (Fsp3) is 0.571. The molecule has 6 heteroatoms. The van der Waals surface area contributed by atoms with Crippen LogP contribution in [-0.2, 0) is 16.6 Å². The van der Waals surface area contributed by atoms with Crippen molar-refractivity contribution in [2.45, 2.75) is 38.1 Å². The molecule has 0 aromatic heterocycles. The van der Waals surface area contributed by atoms with Gasteiger partial charge in [-0.25, -0.2) is 17.1 Å². The van der Waals surface area contributed by atoms with Gasteiger partial charge in [-0.3, -0.25) is 0 Å². The Morgan fingerprint density at radius 2 is 1.95 bits per heavy atom. The molecule has 1 N–H and O–H groups in total. The van der Waals surface area contributed by atoms with Crippen molar-refractivity contribution in [2.24, 2.45) is 0 Å². The van der Waals surface area contributed by atoms with Crippen molar-refractivity contribution in [1.29, 1.82) is 0 Å². The largest absolute Gasteiger partial charge is 0.313 e. The summed E-state index contributed by atoms with van der Waals surface area (Å²) in [6.07, 6.45) is 1.69. The summed E-state index contributed by atoms with van der Waals surface area (Å²) in [6, 6.07) is 4.29. The third kappa shape index (κ3) is 4.26. The normalized spacial score (nSPS) is 12.1. The molecule has 0 aliphatic heterocycles. The lowest BCUT2D eigenvalue weighted by Crippen LogP contribution is -2.28. The molecule has 20 heavy (non-hydrogen) atoms. The van der Waals surface area contributed by atoms with E-state index in [4.69, 9.17) is 0 Å². The molecule has 114 valence electrons. The minimum Gasteiger partial charge on any atom is -0.313 e. The Labute approximate surface area is 121 Å². The van der Waals surface area contributed by atoms with Crippen LogP contribution in [-0.4, -0.2) is 32.9 Å². The van der Waals surface area contributed by atoms with Gasteiger partial charge in [0.2, 0.25) is 10.0 Å². The van der Waals surface area contributed by atoms with Crippen molar-refractivity contribution in [2.75, 3.05) is 20.1 Å². The average molecular weight is 302 g/mol. The predicted octanol–water partition coefficient (Wildman–Crippen LogP) is 2.36. The van der Waals surface area contributed by atoms with E-state index in [-0.39, 0.29) is 4.90 Å². The maximum absolute atomic E-state index is 14.0. The fourth-order valence-electron chi connectivity index (χ4n) is 1.88. The quantitative estimate of drug-likeness (QED) is 0.750. The molecule has 0 spiro atoms. The Morgan fingerprint density at radius 3 is 2.50 bits per heavy atom. The van der Waals surface area contributed by atoms with Crippen molar-refractivity contribution in [1.82, 2.24) is 9.62 Å². The van der Waals surface area contributed by atoms with Crippen LogP contribution >= 0.6 is 0 Å². The lowest BCUT2D eigenvalue weighted by molar-refractivity contribution is 0.461. The van der Waals surface area contributed by atoms with Crippen LogP contribution in [0.5, 0.6) is 0 Å². The van der Waals surface area contributed by atoms with Crippen molar-refractivity contribution in [3.63, 3.8) is 0 Å². The minimum absolute atomic E-state index is 0.257. The van der Waals surface area contributed by atoms with Gasteiger partial charge in [-0.15, -0.1) is 0 Å².